The molecule has 130 valence electrons. The average Bonchev–Trinajstić information content (AvgIpc) is 3.19. The first-order valence-corrected chi connectivity index (χ1v) is 8.44. The first kappa shape index (κ1) is 17.7. The third kappa shape index (κ3) is 1.82. The average molecular weight is 405 g/mol. The van der Waals surface area contributed by atoms with E-state index in [0.29, 0.717) is 17.9 Å². The van der Waals surface area contributed by atoms with Crippen LogP contribution in [0.1, 0.15) is 18.4 Å². The fraction of sp³-hybridized carbons (Fsp3) is 0.471. The van der Waals surface area contributed by atoms with Crippen molar-refractivity contribution in [3.8, 4) is 17.9 Å². The van der Waals surface area contributed by atoms with Crippen molar-refractivity contribution in [3.63, 3.8) is 0 Å². The summed E-state index contributed by atoms with van der Waals surface area (Å²) in [6, 6.07) is 9.89. The summed E-state index contributed by atoms with van der Waals surface area (Å²) in [7, 11) is 2.76. The highest BCUT2D eigenvalue weighted by Crippen LogP contribution is 2.82. The molecule has 0 radical (unpaired) electrons. The summed E-state index contributed by atoms with van der Waals surface area (Å²) < 4.78 is 17.4. The van der Waals surface area contributed by atoms with Crippen molar-refractivity contribution in [2.45, 2.75) is 18.8 Å². The van der Waals surface area contributed by atoms with Crippen LogP contribution in [0.2, 0.25) is 0 Å². The number of fused-ring (bicyclic) bond motifs is 1. The normalized spacial score (nSPS) is 31.4. The second kappa shape index (κ2) is 5.70. The van der Waals surface area contributed by atoms with E-state index in [-0.39, 0.29) is 5.84 Å². The maximum Gasteiger partial charge on any atom is 0.292 e. The van der Waals surface area contributed by atoms with Gasteiger partial charge in [0.25, 0.3) is 5.91 Å². The lowest BCUT2D eigenvalue weighted by Gasteiger charge is -2.29. The molecule has 1 fully saturated rings. The van der Waals surface area contributed by atoms with Gasteiger partial charge in [0.05, 0.1) is 18.7 Å². The Labute approximate surface area is 154 Å². The molecular formula is C17H17BrN4O3. The van der Waals surface area contributed by atoms with Gasteiger partial charge in [-0.1, -0.05) is 15.9 Å². The number of benzene rings is 1. The summed E-state index contributed by atoms with van der Waals surface area (Å²) in [4.78, 5) is 4.20. The van der Waals surface area contributed by atoms with Crippen molar-refractivity contribution in [2.24, 2.45) is 21.6 Å². The molecule has 0 bridgehead atoms. The lowest BCUT2D eigenvalue weighted by Crippen LogP contribution is -2.41. The Balaban J connectivity index is 2.27. The summed E-state index contributed by atoms with van der Waals surface area (Å²) in [6.07, 6.45) is 0. The van der Waals surface area contributed by atoms with Gasteiger partial charge in [-0.3, -0.25) is 0 Å². The van der Waals surface area contributed by atoms with Crippen LogP contribution in [-0.4, -0.2) is 32.6 Å². The van der Waals surface area contributed by atoms with Crippen LogP contribution in [0, 0.1) is 33.5 Å². The molecule has 1 saturated carbocycles. The number of nitrogens with two attached hydrogens (primary N) is 1. The van der Waals surface area contributed by atoms with Crippen molar-refractivity contribution in [3.05, 3.63) is 28.2 Å². The molecule has 1 aliphatic carbocycles. The van der Waals surface area contributed by atoms with Gasteiger partial charge in [0.2, 0.25) is 0 Å². The van der Waals surface area contributed by atoms with Crippen LogP contribution in [0.25, 0.3) is 0 Å². The molecule has 3 atom stereocenters. The Kier molecular flexibility index (Phi) is 4.03. The van der Waals surface area contributed by atoms with Gasteiger partial charge in [0.1, 0.15) is 17.0 Å². The number of halogens is 1. The SMILES string of the molecule is CCOc1ccc(Br)cc1C1C2(C#N)C(N)=NC(OC)(OC)C12C#N. The van der Waals surface area contributed by atoms with Gasteiger partial charge in [-0.05, 0) is 25.1 Å². The Morgan fingerprint density at radius 2 is 1.96 bits per heavy atom. The van der Waals surface area contributed by atoms with Gasteiger partial charge < -0.3 is 19.9 Å². The fourth-order valence-electron chi connectivity index (χ4n) is 4.02. The topological polar surface area (TPSA) is 114 Å². The quantitative estimate of drug-likeness (QED) is 0.752. The minimum atomic E-state index is -1.64. The van der Waals surface area contributed by atoms with E-state index >= 15 is 0 Å². The monoisotopic (exact) mass is 404 g/mol. The van der Waals surface area contributed by atoms with Crippen molar-refractivity contribution >= 4 is 21.8 Å². The molecule has 3 unspecified atom stereocenters. The highest BCUT2D eigenvalue weighted by atomic mass is 79.9. The number of nitriles is 2. The fourth-order valence-corrected chi connectivity index (χ4v) is 4.40. The van der Waals surface area contributed by atoms with Crippen molar-refractivity contribution in [1.29, 1.82) is 10.5 Å². The second-order valence-electron chi connectivity index (χ2n) is 5.87. The van der Waals surface area contributed by atoms with Crippen molar-refractivity contribution in [1.82, 2.24) is 0 Å². The molecule has 7 nitrogen and oxygen atoms in total. The molecule has 0 amide bonds. The zero-order chi connectivity index (χ0) is 18.5. The molecule has 2 aliphatic rings. The molecule has 0 spiro atoms. The zero-order valence-electron chi connectivity index (χ0n) is 14.0. The van der Waals surface area contributed by atoms with Gasteiger partial charge in [-0.25, -0.2) is 4.99 Å². The third-order valence-electron chi connectivity index (χ3n) is 5.06. The lowest BCUT2D eigenvalue weighted by atomic mass is 9.93. The first-order valence-electron chi connectivity index (χ1n) is 7.65. The molecule has 1 aromatic rings. The van der Waals surface area contributed by atoms with Crippen molar-refractivity contribution < 1.29 is 14.2 Å². The predicted molar refractivity (Wildman–Crippen MR) is 92.5 cm³/mol. The van der Waals surface area contributed by atoms with E-state index in [2.05, 4.69) is 33.1 Å². The van der Waals surface area contributed by atoms with Crippen LogP contribution in [0.15, 0.2) is 27.7 Å². The summed E-state index contributed by atoms with van der Waals surface area (Å²) in [5, 5.41) is 20.0. The molecular weight excluding hydrogens is 388 g/mol. The maximum absolute atomic E-state index is 10.1. The standard InChI is InChI=1S/C17H17BrN4O3/c1-4-25-12-6-5-10(18)7-11(12)13-15(8-19)14(21)22-17(23-2,24-3)16(13,15)9-20/h5-7,13H,4H2,1-3H3,(H2,21,22). The molecule has 0 saturated heterocycles. The minimum Gasteiger partial charge on any atom is -0.494 e. The Bertz CT molecular complexity index is 839. The second-order valence-corrected chi connectivity index (χ2v) is 6.79. The Morgan fingerprint density at radius 1 is 1.28 bits per heavy atom. The summed E-state index contributed by atoms with van der Waals surface area (Å²) in [6.45, 7) is 2.31. The number of methoxy groups -OCH3 is 2. The molecule has 3 rings (SSSR count). The predicted octanol–water partition coefficient (Wildman–Crippen LogP) is 2.28. The summed E-state index contributed by atoms with van der Waals surface area (Å²) >= 11 is 3.43. The largest absolute Gasteiger partial charge is 0.494 e. The van der Waals surface area contributed by atoms with Crippen molar-refractivity contribution in [2.75, 3.05) is 20.8 Å². The number of hydrogen-bond acceptors (Lipinski definition) is 7. The number of aliphatic imine (C=N–C) groups is 1. The summed E-state index contributed by atoms with van der Waals surface area (Å²) in [5.74, 6) is -1.61. The van der Waals surface area contributed by atoms with Gasteiger partial charge in [-0.2, -0.15) is 10.5 Å². The Morgan fingerprint density at radius 3 is 2.48 bits per heavy atom. The van der Waals surface area contributed by atoms with E-state index in [1.165, 1.54) is 14.2 Å². The van der Waals surface area contributed by atoms with Gasteiger partial charge in [0, 0.05) is 30.2 Å². The highest BCUT2D eigenvalue weighted by molar-refractivity contribution is 9.10. The zero-order valence-corrected chi connectivity index (χ0v) is 15.6. The number of amidine groups is 1. The van der Waals surface area contributed by atoms with Gasteiger partial charge >= 0.3 is 0 Å². The van der Waals surface area contributed by atoms with Crippen LogP contribution < -0.4 is 10.5 Å². The lowest BCUT2D eigenvalue weighted by molar-refractivity contribution is -0.230. The van der Waals surface area contributed by atoms with Crippen LogP contribution >= 0.6 is 15.9 Å². The molecule has 0 aromatic heterocycles. The van der Waals surface area contributed by atoms with Crippen LogP contribution in [0.3, 0.4) is 0 Å². The van der Waals surface area contributed by atoms with Crippen LogP contribution in [0.4, 0.5) is 0 Å². The molecule has 1 heterocycles. The Hall–Kier alpha value is -2.13. The highest BCUT2D eigenvalue weighted by Gasteiger charge is 2.93. The van der Waals surface area contributed by atoms with Gasteiger partial charge in [-0.15, -0.1) is 0 Å². The molecule has 1 aliphatic heterocycles. The van der Waals surface area contributed by atoms with E-state index < -0.39 is 22.7 Å². The minimum absolute atomic E-state index is 0.0349. The van der Waals surface area contributed by atoms with E-state index in [0.717, 1.165) is 4.47 Å². The number of nitrogens with zero attached hydrogens (tertiary/aromatic N) is 3. The van der Waals surface area contributed by atoms with E-state index in [1.54, 1.807) is 6.07 Å². The van der Waals surface area contributed by atoms with Crippen LogP contribution in [0.5, 0.6) is 5.75 Å². The smallest absolute Gasteiger partial charge is 0.292 e. The molecule has 2 N–H and O–H groups in total. The summed E-state index contributed by atoms with van der Waals surface area (Å²) in [5.41, 5.74) is 4.07. The molecule has 25 heavy (non-hydrogen) atoms. The molecule has 1 aromatic carbocycles. The number of ether oxygens (including phenoxy) is 3. The van der Waals surface area contributed by atoms with E-state index in [4.69, 9.17) is 19.9 Å². The number of rotatable bonds is 5. The van der Waals surface area contributed by atoms with E-state index in [1.807, 2.05) is 19.1 Å². The number of hydrogen-bond donors (Lipinski definition) is 1. The third-order valence-corrected chi connectivity index (χ3v) is 5.56. The van der Waals surface area contributed by atoms with Gasteiger partial charge in [0.15, 0.2) is 5.41 Å². The van der Waals surface area contributed by atoms with Crippen LogP contribution in [-0.2, 0) is 9.47 Å². The van der Waals surface area contributed by atoms with E-state index in [9.17, 15) is 10.5 Å². The maximum atomic E-state index is 10.1. The molecule has 8 heteroatoms. The first-order chi connectivity index (χ1) is 11.9.